The van der Waals surface area contributed by atoms with Crippen LogP contribution in [0.2, 0.25) is 0 Å². The highest BCUT2D eigenvalue weighted by Gasteiger charge is 2.39. The largest absolute Gasteiger partial charge is 0.316 e. The van der Waals surface area contributed by atoms with Crippen LogP contribution in [0.1, 0.15) is 24.8 Å². The fourth-order valence-corrected chi connectivity index (χ4v) is 3.59. The lowest BCUT2D eigenvalue weighted by molar-refractivity contribution is 0.0656. The second kappa shape index (κ2) is 6.39. The molecule has 2 N–H and O–H groups in total. The molecule has 0 aromatic carbocycles. The molecule has 1 heterocycles. The molecular weight excluding hydrogens is 288 g/mol. The Balaban J connectivity index is 2.04. The van der Waals surface area contributed by atoms with Crippen LogP contribution >= 0.6 is 0 Å². The van der Waals surface area contributed by atoms with Gasteiger partial charge in [-0.1, -0.05) is 6.07 Å². The third-order valence-corrected chi connectivity index (χ3v) is 5.59. The van der Waals surface area contributed by atoms with Gasteiger partial charge in [-0.25, -0.2) is 18.1 Å². The topological polar surface area (TPSA) is 74.3 Å². The van der Waals surface area contributed by atoms with Crippen LogP contribution in [0.15, 0.2) is 23.4 Å². The fourth-order valence-electron chi connectivity index (χ4n) is 2.55. The first-order valence-corrected chi connectivity index (χ1v) is 8.65. The number of pyridine rings is 1. The van der Waals surface area contributed by atoms with Crippen LogP contribution in [0.4, 0.5) is 0 Å². The molecule has 0 unspecified atom stereocenters. The van der Waals surface area contributed by atoms with Crippen LogP contribution in [-0.2, 0) is 16.6 Å². The molecule has 0 amide bonds. The Hall–Kier alpha value is -1.02. The van der Waals surface area contributed by atoms with Gasteiger partial charge in [-0.15, -0.1) is 0 Å². The Labute approximate surface area is 127 Å². The molecule has 7 heteroatoms. The number of likely N-dealkylation sites (N-methyl/N-ethyl adjacent to an activating group) is 1. The van der Waals surface area contributed by atoms with Crippen molar-refractivity contribution in [2.75, 3.05) is 27.7 Å². The van der Waals surface area contributed by atoms with Gasteiger partial charge < -0.3 is 10.2 Å². The number of nitrogens with zero attached hydrogens (tertiary/aromatic N) is 2. The monoisotopic (exact) mass is 312 g/mol. The third kappa shape index (κ3) is 3.60. The number of nitrogens with one attached hydrogen (secondary N) is 2. The van der Waals surface area contributed by atoms with Gasteiger partial charge in [0.1, 0.15) is 0 Å². The normalized spacial score (nSPS) is 17.7. The van der Waals surface area contributed by atoms with Crippen LogP contribution < -0.4 is 10.0 Å². The van der Waals surface area contributed by atoms with Gasteiger partial charge in [-0.2, -0.15) is 0 Å². The summed E-state index contributed by atoms with van der Waals surface area (Å²) in [7, 11) is 2.29. The Morgan fingerprint density at radius 2 is 2.05 bits per heavy atom. The highest BCUT2D eigenvalue weighted by Crippen LogP contribution is 2.35. The lowest BCUT2D eigenvalue weighted by Crippen LogP contribution is -2.57. The summed E-state index contributed by atoms with van der Waals surface area (Å²) in [5, 5.41) is 3.08. The van der Waals surface area contributed by atoms with E-state index in [4.69, 9.17) is 0 Å². The van der Waals surface area contributed by atoms with Crippen molar-refractivity contribution in [3.05, 3.63) is 23.9 Å². The molecule has 1 aliphatic rings. The molecule has 6 nitrogen and oxygen atoms in total. The van der Waals surface area contributed by atoms with Crippen LogP contribution in [0.25, 0.3) is 0 Å². The molecule has 0 atom stereocenters. The van der Waals surface area contributed by atoms with Crippen LogP contribution in [0.3, 0.4) is 0 Å². The Morgan fingerprint density at radius 3 is 2.48 bits per heavy atom. The molecule has 0 spiro atoms. The number of hydrogen-bond donors (Lipinski definition) is 2. The molecule has 1 aliphatic carbocycles. The fraction of sp³-hybridized carbons (Fsp3) is 0.643. The lowest BCUT2D eigenvalue weighted by atomic mass is 9.76. The molecule has 1 aromatic heterocycles. The van der Waals surface area contributed by atoms with E-state index in [1.165, 1.54) is 0 Å². The highest BCUT2D eigenvalue weighted by atomic mass is 32.2. The number of hydrogen-bond acceptors (Lipinski definition) is 5. The summed E-state index contributed by atoms with van der Waals surface area (Å²) >= 11 is 0. The Bertz CT molecular complexity index is 565. The molecule has 1 aromatic rings. The van der Waals surface area contributed by atoms with E-state index in [-0.39, 0.29) is 10.6 Å². The summed E-state index contributed by atoms with van der Waals surface area (Å²) < 4.78 is 27.3. The van der Waals surface area contributed by atoms with Crippen molar-refractivity contribution >= 4 is 10.0 Å². The molecule has 0 bridgehead atoms. The zero-order valence-corrected chi connectivity index (χ0v) is 13.7. The summed E-state index contributed by atoms with van der Waals surface area (Å²) in [5.41, 5.74) is 0.916. The van der Waals surface area contributed by atoms with Gasteiger partial charge in [0, 0.05) is 24.8 Å². The van der Waals surface area contributed by atoms with E-state index in [0.29, 0.717) is 13.1 Å². The number of rotatable bonds is 7. The average Bonchev–Trinajstić information content (AvgIpc) is 2.38. The number of sulfonamides is 1. The van der Waals surface area contributed by atoms with Crippen molar-refractivity contribution < 1.29 is 8.42 Å². The van der Waals surface area contributed by atoms with Crippen molar-refractivity contribution in [3.63, 3.8) is 0 Å². The second-order valence-corrected chi connectivity index (χ2v) is 7.55. The number of aromatic nitrogens is 1. The first-order valence-electron chi connectivity index (χ1n) is 7.16. The molecule has 2 rings (SSSR count). The van der Waals surface area contributed by atoms with Crippen molar-refractivity contribution in [2.45, 2.75) is 36.4 Å². The van der Waals surface area contributed by atoms with E-state index in [2.05, 4.69) is 19.9 Å². The minimum Gasteiger partial charge on any atom is -0.316 e. The predicted molar refractivity (Wildman–Crippen MR) is 82.5 cm³/mol. The van der Waals surface area contributed by atoms with Gasteiger partial charge in [0.25, 0.3) is 10.0 Å². The van der Waals surface area contributed by atoms with Gasteiger partial charge >= 0.3 is 0 Å². The van der Waals surface area contributed by atoms with Gasteiger partial charge in [-0.3, -0.25) is 0 Å². The van der Waals surface area contributed by atoms with Crippen LogP contribution in [0, 0.1) is 0 Å². The maximum atomic E-state index is 12.3. The molecule has 1 fully saturated rings. The molecule has 118 valence electrons. The summed E-state index contributed by atoms with van der Waals surface area (Å²) in [4.78, 5) is 6.17. The maximum absolute atomic E-state index is 12.3. The Morgan fingerprint density at radius 1 is 1.33 bits per heavy atom. The Kier molecular flexibility index (Phi) is 4.98. The van der Waals surface area contributed by atoms with Crippen molar-refractivity contribution in [1.82, 2.24) is 19.9 Å². The van der Waals surface area contributed by atoms with Gasteiger partial charge in [0.2, 0.25) is 0 Å². The van der Waals surface area contributed by atoms with E-state index < -0.39 is 10.0 Å². The first kappa shape index (κ1) is 16.4. The van der Waals surface area contributed by atoms with E-state index in [9.17, 15) is 8.42 Å². The summed E-state index contributed by atoms with van der Waals surface area (Å²) in [6.45, 7) is 1.10. The van der Waals surface area contributed by atoms with E-state index >= 15 is 0 Å². The molecule has 1 saturated carbocycles. The smallest absolute Gasteiger partial charge is 0.258 e. The van der Waals surface area contributed by atoms with Crippen molar-refractivity contribution in [1.29, 1.82) is 0 Å². The van der Waals surface area contributed by atoms with Gasteiger partial charge in [0.15, 0.2) is 5.03 Å². The summed E-state index contributed by atoms with van der Waals surface area (Å²) in [6.07, 6.45) is 4.79. The summed E-state index contributed by atoms with van der Waals surface area (Å²) in [6, 6.07) is 3.33. The average molecular weight is 312 g/mol. The molecule has 0 radical (unpaired) electrons. The molecule has 0 saturated heterocycles. The standard InChI is InChI=1S/C14H24N4O2S/c1-15-9-12-5-6-13(16-10-12)21(19,20)17-11-14(18(2)3)7-4-8-14/h5-6,10,15,17H,4,7-9,11H2,1-3H3. The minimum absolute atomic E-state index is 0.0425. The van der Waals surface area contributed by atoms with Crippen molar-refractivity contribution in [2.24, 2.45) is 0 Å². The highest BCUT2D eigenvalue weighted by molar-refractivity contribution is 7.89. The molecular formula is C14H24N4O2S. The van der Waals surface area contributed by atoms with E-state index in [1.54, 1.807) is 18.3 Å². The molecule has 21 heavy (non-hydrogen) atoms. The van der Waals surface area contributed by atoms with Crippen molar-refractivity contribution in [3.8, 4) is 0 Å². The van der Waals surface area contributed by atoms with Crippen LogP contribution in [0.5, 0.6) is 0 Å². The summed E-state index contributed by atoms with van der Waals surface area (Å²) in [5.74, 6) is 0. The third-order valence-electron chi connectivity index (χ3n) is 4.28. The van der Waals surface area contributed by atoms with Crippen LogP contribution in [-0.4, -0.2) is 51.5 Å². The quantitative estimate of drug-likeness (QED) is 0.770. The van der Waals surface area contributed by atoms with E-state index in [1.807, 2.05) is 21.1 Å². The molecule has 0 aliphatic heterocycles. The zero-order chi connectivity index (χ0) is 15.5. The second-order valence-electron chi connectivity index (χ2n) is 5.83. The lowest BCUT2D eigenvalue weighted by Gasteiger charge is -2.47. The van der Waals surface area contributed by atoms with Gasteiger partial charge in [0.05, 0.1) is 0 Å². The van der Waals surface area contributed by atoms with E-state index in [0.717, 1.165) is 24.8 Å². The predicted octanol–water partition coefficient (Wildman–Crippen LogP) is 0.564. The van der Waals surface area contributed by atoms with Gasteiger partial charge in [-0.05, 0) is 52.0 Å². The maximum Gasteiger partial charge on any atom is 0.258 e. The SMILES string of the molecule is CNCc1ccc(S(=O)(=O)NCC2(N(C)C)CCC2)nc1. The zero-order valence-electron chi connectivity index (χ0n) is 12.9. The minimum atomic E-state index is -3.54. The first-order chi connectivity index (χ1) is 9.89.